The Bertz CT molecular complexity index is 457. The second-order valence-electron chi connectivity index (χ2n) is 4.85. The van der Waals surface area contributed by atoms with E-state index in [1.54, 1.807) is 6.07 Å². The highest BCUT2D eigenvalue weighted by Crippen LogP contribution is 2.23. The highest BCUT2D eigenvalue weighted by Gasteiger charge is 2.17. The van der Waals surface area contributed by atoms with Gasteiger partial charge in [-0.15, -0.1) is 0 Å². The van der Waals surface area contributed by atoms with E-state index in [1.165, 1.54) is 6.42 Å². The molecular formula is C14H19NO2. The number of rotatable bonds is 3. The molecule has 0 fully saturated rings. The molecule has 2 rings (SSSR count). The average Bonchev–Trinajstić information content (AvgIpc) is 2.58. The first-order valence-corrected chi connectivity index (χ1v) is 6.14. The summed E-state index contributed by atoms with van der Waals surface area (Å²) in [6.07, 6.45) is 7.93. The van der Waals surface area contributed by atoms with Crippen molar-refractivity contribution < 1.29 is 9.90 Å². The van der Waals surface area contributed by atoms with Gasteiger partial charge in [0.1, 0.15) is 0 Å². The predicted molar refractivity (Wildman–Crippen MR) is 67.3 cm³/mol. The molecule has 17 heavy (non-hydrogen) atoms. The van der Waals surface area contributed by atoms with Gasteiger partial charge in [-0.3, -0.25) is 0 Å². The zero-order valence-corrected chi connectivity index (χ0v) is 10.4. The van der Waals surface area contributed by atoms with Crippen molar-refractivity contribution in [3.63, 3.8) is 0 Å². The van der Waals surface area contributed by atoms with E-state index < -0.39 is 5.97 Å². The Morgan fingerprint density at radius 3 is 2.76 bits per heavy atom. The molecular weight excluding hydrogens is 214 g/mol. The Morgan fingerprint density at radius 1 is 1.47 bits per heavy atom. The van der Waals surface area contributed by atoms with Crippen molar-refractivity contribution in [2.45, 2.75) is 39.7 Å². The van der Waals surface area contributed by atoms with Gasteiger partial charge in [-0.05, 0) is 45.1 Å². The Kier molecular flexibility index (Phi) is 3.36. The highest BCUT2D eigenvalue weighted by atomic mass is 16.4. The predicted octanol–water partition coefficient (Wildman–Crippen LogP) is 3.16. The van der Waals surface area contributed by atoms with Crippen LogP contribution in [0, 0.1) is 19.8 Å². The van der Waals surface area contributed by atoms with E-state index in [0.29, 0.717) is 11.5 Å². The van der Waals surface area contributed by atoms with Crippen molar-refractivity contribution in [3.8, 4) is 0 Å². The molecule has 0 spiro atoms. The molecule has 0 aliphatic heterocycles. The SMILES string of the molecule is Cc1cc(C(=O)O)c(C)n1CC1CC=CCC1. The zero-order valence-electron chi connectivity index (χ0n) is 10.4. The molecule has 1 atom stereocenters. The van der Waals surface area contributed by atoms with Crippen LogP contribution in [0.1, 0.15) is 41.0 Å². The standard InChI is InChI=1S/C14H19NO2/c1-10-8-13(14(16)17)11(2)15(10)9-12-6-4-3-5-7-12/h3-4,8,12H,5-7,9H2,1-2H3,(H,16,17). The van der Waals surface area contributed by atoms with E-state index in [4.69, 9.17) is 5.11 Å². The summed E-state index contributed by atoms with van der Waals surface area (Å²) in [5, 5.41) is 9.08. The highest BCUT2D eigenvalue weighted by molar-refractivity contribution is 5.89. The summed E-state index contributed by atoms with van der Waals surface area (Å²) in [5.41, 5.74) is 2.37. The topological polar surface area (TPSA) is 42.2 Å². The third kappa shape index (κ3) is 2.43. The van der Waals surface area contributed by atoms with Gasteiger partial charge in [0.2, 0.25) is 0 Å². The Morgan fingerprint density at radius 2 is 2.24 bits per heavy atom. The van der Waals surface area contributed by atoms with Crippen molar-refractivity contribution in [2.24, 2.45) is 5.92 Å². The van der Waals surface area contributed by atoms with Crippen LogP contribution in [-0.2, 0) is 6.54 Å². The first kappa shape index (κ1) is 12.0. The molecule has 1 aliphatic rings. The van der Waals surface area contributed by atoms with Crippen LogP contribution in [0.4, 0.5) is 0 Å². The third-order valence-electron chi connectivity index (χ3n) is 3.62. The van der Waals surface area contributed by atoms with Crippen LogP contribution < -0.4 is 0 Å². The molecule has 1 unspecified atom stereocenters. The van der Waals surface area contributed by atoms with Crippen LogP contribution in [0.2, 0.25) is 0 Å². The molecule has 0 aromatic carbocycles. The fraction of sp³-hybridized carbons (Fsp3) is 0.500. The fourth-order valence-corrected chi connectivity index (χ4v) is 2.58. The van der Waals surface area contributed by atoms with Crippen molar-refractivity contribution in [1.29, 1.82) is 0 Å². The van der Waals surface area contributed by atoms with E-state index in [-0.39, 0.29) is 0 Å². The maximum Gasteiger partial charge on any atom is 0.337 e. The fourth-order valence-electron chi connectivity index (χ4n) is 2.58. The normalized spacial score (nSPS) is 19.5. The van der Waals surface area contributed by atoms with Crippen LogP contribution in [-0.4, -0.2) is 15.6 Å². The first-order chi connectivity index (χ1) is 8.09. The molecule has 0 amide bonds. The van der Waals surface area contributed by atoms with E-state index in [1.807, 2.05) is 13.8 Å². The molecule has 0 radical (unpaired) electrons. The zero-order chi connectivity index (χ0) is 12.4. The molecule has 0 bridgehead atoms. The summed E-state index contributed by atoms with van der Waals surface area (Å²) in [4.78, 5) is 11.1. The van der Waals surface area contributed by atoms with Gasteiger partial charge < -0.3 is 9.67 Å². The molecule has 92 valence electrons. The van der Waals surface area contributed by atoms with Crippen molar-refractivity contribution >= 4 is 5.97 Å². The minimum atomic E-state index is -0.826. The van der Waals surface area contributed by atoms with Gasteiger partial charge in [0.15, 0.2) is 0 Å². The number of carboxylic acids is 1. The van der Waals surface area contributed by atoms with E-state index in [2.05, 4.69) is 16.7 Å². The summed E-state index contributed by atoms with van der Waals surface area (Å²) >= 11 is 0. The molecule has 0 saturated heterocycles. The summed E-state index contributed by atoms with van der Waals surface area (Å²) in [5.74, 6) is -0.181. The van der Waals surface area contributed by atoms with E-state index >= 15 is 0 Å². The monoisotopic (exact) mass is 233 g/mol. The largest absolute Gasteiger partial charge is 0.478 e. The van der Waals surface area contributed by atoms with Gasteiger partial charge >= 0.3 is 5.97 Å². The van der Waals surface area contributed by atoms with Crippen molar-refractivity contribution in [2.75, 3.05) is 0 Å². The van der Waals surface area contributed by atoms with Gasteiger partial charge in [0.25, 0.3) is 0 Å². The van der Waals surface area contributed by atoms with Gasteiger partial charge in [-0.2, -0.15) is 0 Å². The molecule has 3 heteroatoms. The molecule has 1 aromatic heterocycles. The smallest absolute Gasteiger partial charge is 0.337 e. The molecule has 1 heterocycles. The molecule has 0 saturated carbocycles. The number of aromatic nitrogens is 1. The Balaban J connectivity index is 2.20. The molecule has 3 nitrogen and oxygen atoms in total. The minimum Gasteiger partial charge on any atom is -0.478 e. The lowest BCUT2D eigenvalue weighted by atomic mass is 9.94. The van der Waals surface area contributed by atoms with E-state index in [9.17, 15) is 4.79 Å². The van der Waals surface area contributed by atoms with Gasteiger partial charge in [-0.25, -0.2) is 4.79 Å². The third-order valence-corrected chi connectivity index (χ3v) is 3.62. The first-order valence-electron chi connectivity index (χ1n) is 6.14. The number of aryl methyl sites for hydroxylation is 1. The average molecular weight is 233 g/mol. The van der Waals surface area contributed by atoms with E-state index in [0.717, 1.165) is 30.8 Å². The maximum absolute atomic E-state index is 11.1. The number of aromatic carboxylic acids is 1. The number of carbonyl (C=O) groups is 1. The van der Waals surface area contributed by atoms with Crippen molar-refractivity contribution in [3.05, 3.63) is 35.2 Å². The lowest BCUT2D eigenvalue weighted by Gasteiger charge is -2.20. The Labute approximate surface area is 102 Å². The summed E-state index contributed by atoms with van der Waals surface area (Å²) < 4.78 is 2.15. The summed E-state index contributed by atoms with van der Waals surface area (Å²) in [7, 11) is 0. The molecule has 1 aliphatic carbocycles. The van der Waals surface area contributed by atoms with Crippen LogP contribution in [0.15, 0.2) is 18.2 Å². The van der Waals surface area contributed by atoms with Gasteiger partial charge in [-0.1, -0.05) is 12.2 Å². The van der Waals surface area contributed by atoms with Gasteiger partial charge in [0, 0.05) is 17.9 Å². The van der Waals surface area contributed by atoms with Crippen LogP contribution >= 0.6 is 0 Å². The number of nitrogens with zero attached hydrogens (tertiary/aromatic N) is 1. The number of allylic oxidation sites excluding steroid dienone is 2. The maximum atomic E-state index is 11.1. The molecule has 1 N–H and O–H groups in total. The number of hydrogen-bond donors (Lipinski definition) is 1. The minimum absolute atomic E-state index is 0.439. The van der Waals surface area contributed by atoms with Crippen LogP contribution in [0.25, 0.3) is 0 Å². The van der Waals surface area contributed by atoms with Crippen LogP contribution in [0.5, 0.6) is 0 Å². The lowest BCUT2D eigenvalue weighted by molar-refractivity contribution is 0.0696. The van der Waals surface area contributed by atoms with Gasteiger partial charge in [0.05, 0.1) is 5.56 Å². The molecule has 1 aromatic rings. The van der Waals surface area contributed by atoms with Crippen LogP contribution in [0.3, 0.4) is 0 Å². The summed E-state index contributed by atoms with van der Waals surface area (Å²) in [6, 6.07) is 1.77. The Hall–Kier alpha value is -1.51. The summed E-state index contributed by atoms with van der Waals surface area (Å²) in [6.45, 7) is 4.82. The second kappa shape index (κ2) is 4.78. The number of carboxylic acid groups (broad SMARTS) is 1. The number of hydrogen-bond acceptors (Lipinski definition) is 1. The second-order valence-corrected chi connectivity index (χ2v) is 4.85. The quantitative estimate of drug-likeness (QED) is 0.815. The van der Waals surface area contributed by atoms with Crippen molar-refractivity contribution in [1.82, 2.24) is 4.57 Å². The lowest BCUT2D eigenvalue weighted by Crippen LogP contribution is -2.14.